The minimum atomic E-state index is 0.353. The SMILES string of the molecule is CC.CCC.O=C1CCC2=CCCC=C12. The summed E-state index contributed by atoms with van der Waals surface area (Å²) in [6.45, 7) is 8.25. The van der Waals surface area contributed by atoms with E-state index in [2.05, 4.69) is 26.0 Å². The molecule has 0 aromatic carbocycles. The molecule has 1 saturated carbocycles. The molecular weight excluding hydrogens is 184 g/mol. The third-order valence-electron chi connectivity index (χ3n) is 2.17. The van der Waals surface area contributed by atoms with E-state index < -0.39 is 0 Å². The average Bonchev–Trinajstić information content (AvgIpc) is 2.65. The summed E-state index contributed by atoms with van der Waals surface area (Å²) in [5.74, 6) is 0.353. The number of hydrogen-bond acceptors (Lipinski definition) is 1. The number of hydrogen-bond donors (Lipinski definition) is 0. The van der Waals surface area contributed by atoms with Crippen LogP contribution in [0.1, 0.15) is 59.8 Å². The summed E-state index contributed by atoms with van der Waals surface area (Å²) in [5.41, 5.74) is 2.32. The first-order valence-corrected chi connectivity index (χ1v) is 6.22. The van der Waals surface area contributed by atoms with Gasteiger partial charge in [0.05, 0.1) is 0 Å². The van der Waals surface area contributed by atoms with Gasteiger partial charge in [0.2, 0.25) is 0 Å². The molecule has 0 saturated heterocycles. The van der Waals surface area contributed by atoms with Crippen LogP contribution in [0.2, 0.25) is 0 Å². The van der Waals surface area contributed by atoms with Crippen LogP contribution in [0.4, 0.5) is 0 Å². The number of allylic oxidation sites excluding steroid dienone is 4. The molecule has 0 atom stereocenters. The Morgan fingerprint density at radius 3 is 2.13 bits per heavy atom. The van der Waals surface area contributed by atoms with Crippen LogP contribution in [-0.2, 0) is 4.79 Å². The van der Waals surface area contributed by atoms with Crippen LogP contribution in [0.5, 0.6) is 0 Å². The van der Waals surface area contributed by atoms with Gasteiger partial charge in [-0.25, -0.2) is 0 Å². The monoisotopic (exact) mass is 208 g/mol. The second-order valence-electron chi connectivity index (χ2n) is 3.55. The highest BCUT2D eigenvalue weighted by molar-refractivity contribution is 6.02. The summed E-state index contributed by atoms with van der Waals surface area (Å²) in [5, 5.41) is 0. The summed E-state index contributed by atoms with van der Waals surface area (Å²) in [4.78, 5) is 11.1. The van der Waals surface area contributed by atoms with Gasteiger partial charge >= 0.3 is 0 Å². The van der Waals surface area contributed by atoms with E-state index in [1.54, 1.807) is 0 Å². The smallest absolute Gasteiger partial charge is 0.163 e. The van der Waals surface area contributed by atoms with E-state index in [0.717, 1.165) is 31.3 Å². The predicted molar refractivity (Wildman–Crippen MR) is 67.0 cm³/mol. The van der Waals surface area contributed by atoms with Crippen molar-refractivity contribution in [2.75, 3.05) is 0 Å². The molecule has 15 heavy (non-hydrogen) atoms. The van der Waals surface area contributed by atoms with Crippen molar-refractivity contribution >= 4 is 5.78 Å². The van der Waals surface area contributed by atoms with Crippen molar-refractivity contribution < 1.29 is 4.79 Å². The number of ketones is 1. The Morgan fingerprint density at radius 1 is 1.07 bits per heavy atom. The van der Waals surface area contributed by atoms with E-state index >= 15 is 0 Å². The third kappa shape index (κ3) is 4.46. The Morgan fingerprint density at radius 2 is 1.60 bits per heavy atom. The van der Waals surface area contributed by atoms with Crippen molar-refractivity contribution in [1.82, 2.24) is 0 Å². The summed E-state index contributed by atoms with van der Waals surface area (Å²) in [6, 6.07) is 0. The van der Waals surface area contributed by atoms with Gasteiger partial charge in [-0.3, -0.25) is 4.79 Å². The molecule has 0 aromatic heterocycles. The van der Waals surface area contributed by atoms with Crippen molar-refractivity contribution in [3.05, 3.63) is 23.3 Å². The molecule has 2 rings (SSSR count). The van der Waals surface area contributed by atoms with Crippen LogP contribution in [-0.4, -0.2) is 5.78 Å². The molecule has 0 radical (unpaired) electrons. The molecule has 1 nitrogen and oxygen atoms in total. The Kier molecular flexibility index (Phi) is 7.98. The van der Waals surface area contributed by atoms with E-state index in [4.69, 9.17) is 0 Å². The van der Waals surface area contributed by atoms with Crippen LogP contribution >= 0.6 is 0 Å². The highest BCUT2D eigenvalue weighted by Crippen LogP contribution is 2.30. The Balaban J connectivity index is 0.000000342. The molecule has 0 N–H and O–H groups in total. The molecule has 0 spiro atoms. The van der Waals surface area contributed by atoms with E-state index in [0.29, 0.717) is 5.78 Å². The predicted octanol–water partition coefficient (Wildman–Crippen LogP) is 4.44. The lowest BCUT2D eigenvalue weighted by Crippen LogP contribution is -1.95. The van der Waals surface area contributed by atoms with Gasteiger partial charge in [-0.2, -0.15) is 0 Å². The fourth-order valence-corrected chi connectivity index (χ4v) is 1.64. The zero-order chi connectivity index (χ0) is 11.7. The maximum Gasteiger partial charge on any atom is 0.163 e. The fourth-order valence-electron chi connectivity index (χ4n) is 1.64. The molecule has 0 aliphatic heterocycles. The van der Waals surface area contributed by atoms with Gasteiger partial charge in [0, 0.05) is 12.0 Å². The first kappa shape index (κ1) is 14.2. The second kappa shape index (κ2) is 8.46. The minimum absolute atomic E-state index is 0.353. The highest BCUT2D eigenvalue weighted by atomic mass is 16.1. The Labute approximate surface area is 94.3 Å². The van der Waals surface area contributed by atoms with Crippen LogP contribution in [0.3, 0.4) is 0 Å². The van der Waals surface area contributed by atoms with Crippen LogP contribution in [0, 0.1) is 0 Å². The molecule has 0 heterocycles. The first-order valence-electron chi connectivity index (χ1n) is 6.22. The zero-order valence-corrected chi connectivity index (χ0v) is 10.6. The van der Waals surface area contributed by atoms with E-state index in [-0.39, 0.29) is 0 Å². The van der Waals surface area contributed by atoms with Gasteiger partial charge in [-0.05, 0) is 24.8 Å². The van der Waals surface area contributed by atoms with E-state index in [1.807, 2.05) is 13.8 Å². The molecule has 86 valence electrons. The summed E-state index contributed by atoms with van der Waals surface area (Å²) >= 11 is 0. The van der Waals surface area contributed by atoms with E-state index in [1.165, 1.54) is 12.0 Å². The topological polar surface area (TPSA) is 17.1 Å². The zero-order valence-electron chi connectivity index (χ0n) is 10.6. The lowest BCUT2D eigenvalue weighted by atomic mass is 10.0. The van der Waals surface area contributed by atoms with Gasteiger partial charge in [0.25, 0.3) is 0 Å². The molecule has 0 unspecified atom stereocenters. The number of Topliss-reactive ketones (excluding diaryl/α,β-unsaturated/α-hetero) is 1. The standard InChI is InChI=1S/C9H10O.C3H8.C2H6/c10-9-6-5-7-3-1-2-4-8(7)9;1-3-2;1-2/h3-4H,1-2,5-6H2;3H2,1-2H3;1-2H3. The molecule has 1 fully saturated rings. The summed E-state index contributed by atoms with van der Waals surface area (Å²) in [7, 11) is 0. The van der Waals surface area contributed by atoms with Gasteiger partial charge in [-0.1, -0.05) is 46.3 Å². The number of carbonyl (C=O) groups is 1. The number of carbonyl (C=O) groups excluding carboxylic acids is 1. The molecule has 0 bridgehead atoms. The minimum Gasteiger partial charge on any atom is -0.294 e. The summed E-state index contributed by atoms with van der Waals surface area (Å²) in [6.07, 6.45) is 9.48. The highest BCUT2D eigenvalue weighted by Gasteiger charge is 2.22. The molecule has 0 aromatic rings. The molecule has 2 aliphatic rings. The quantitative estimate of drug-likeness (QED) is 0.575. The van der Waals surface area contributed by atoms with Crippen molar-refractivity contribution in [1.29, 1.82) is 0 Å². The fraction of sp³-hybridized carbons (Fsp3) is 0.643. The second-order valence-corrected chi connectivity index (χ2v) is 3.55. The van der Waals surface area contributed by atoms with Gasteiger partial charge in [0.15, 0.2) is 5.78 Å². The van der Waals surface area contributed by atoms with Crippen LogP contribution < -0.4 is 0 Å². The van der Waals surface area contributed by atoms with Crippen molar-refractivity contribution in [3.8, 4) is 0 Å². The maximum absolute atomic E-state index is 11.1. The van der Waals surface area contributed by atoms with Gasteiger partial charge < -0.3 is 0 Å². The Hall–Kier alpha value is -0.850. The summed E-state index contributed by atoms with van der Waals surface area (Å²) < 4.78 is 0. The lowest BCUT2D eigenvalue weighted by molar-refractivity contribution is -0.114. The van der Waals surface area contributed by atoms with E-state index in [9.17, 15) is 4.79 Å². The van der Waals surface area contributed by atoms with Crippen LogP contribution in [0.25, 0.3) is 0 Å². The normalized spacial score (nSPS) is 17.5. The van der Waals surface area contributed by atoms with Gasteiger partial charge in [0.1, 0.15) is 0 Å². The number of rotatable bonds is 0. The van der Waals surface area contributed by atoms with Crippen molar-refractivity contribution in [2.45, 2.75) is 59.8 Å². The Bertz CT molecular complexity index is 246. The number of fused-ring (bicyclic) bond motifs is 1. The maximum atomic E-state index is 11.1. The van der Waals surface area contributed by atoms with Gasteiger partial charge in [-0.15, -0.1) is 0 Å². The first-order chi connectivity index (χ1) is 7.29. The molecule has 2 aliphatic carbocycles. The van der Waals surface area contributed by atoms with Crippen molar-refractivity contribution in [3.63, 3.8) is 0 Å². The third-order valence-corrected chi connectivity index (χ3v) is 2.17. The lowest BCUT2D eigenvalue weighted by Gasteiger charge is -2.04. The van der Waals surface area contributed by atoms with Crippen molar-refractivity contribution in [2.24, 2.45) is 0 Å². The molecule has 0 amide bonds. The van der Waals surface area contributed by atoms with Crippen LogP contribution in [0.15, 0.2) is 23.3 Å². The largest absolute Gasteiger partial charge is 0.294 e. The average molecular weight is 208 g/mol. The molecule has 1 heteroatoms. The molecular formula is C14H24O.